The van der Waals surface area contributed by atoms with Crippen LogP contribution in [0.3, 0.4) is 0 Å². The third-order valence-electron chi connectivity index (χ3n) is 8.48. The van der Waals surface area contributed by atoms with E-state index in [0.717, 1.165) is 33.5 Å². The molecule has 234 valence electrons. The Kier molecular flexibility index (Phi) is 7.73. The number of phenolic OH excluding ortho intramolecular Hbond substituents is 1. The van der Waals surface area contributed by atoms with Gasteiger partial charge >= 0.3 is 0 Å². The van der Waals surface area contributed by atoms with Crippen molar-refractivity contribution in [3.8, 4) is 23.0 Å². The van der Waals surface area contributed by atoms with E-state index in [0.29, 0.717) is 17.4 Å². The highest BCUT2D eigenvalue weighted by atomic mass is 35.5. The third-order valence-corrected chi connectivity index (χ3v) is 8.72. The van der Waals surface area contributed by atoms with Gasteiger partial charge in [-0.1, -0.05) is 48.0 Å². The predicted octanol–water partition coefficient (Wildman–Crippen LogP) is 6.54. The van der Waals surface area contributed by atoms with Crippen LogP contribution in [0.5, 0.6) is 23.0 Å². The van der Waals surface area contributed by atoms with Crippen molar-refractivity contribution < 1.29 is 38.8 Å². The van der Waals surface area contributed by atoms with Gasteiger partial charge in [0.2, 0.25) is 0 Å². The van der Waals surface area contributed by atoms with Gasteiger partial charge in [0.05, 0.1) is 12.7 Å². The molecule has 0 saturated heterocycles. The number of hydrogen-bond acceptors (Lipinski definition) is 8. The predicted molar refractivity (Wildman–Crippen MR) is 172 cm³/mol. The molecule has 1 heterocycles. The first kappa shape index (κ1) is 30.7. The molecule has 4 aromatic carbocycles. The number of aliphatic hydroxyl groups excluding tert-OH is 1. The van der Waals surface area contributed by atoms with Gasteiger partial charge in [0.25, 0.3) is 5.91 Å². The lowest BCUT2D eigenvalue weighted by atomic mass is 9.71. The Morgan fingerprint density at radius 1 is 1.02 bits per heavy atom. The summed E-state index contributed by atoms with van der Waals surface area (Å²) in [6, 6.07) is 18.3. The highest BCUT2D eigenvalue weighted by Crippen LogP contribution is 2.56. The lowest BCUT2D eigenvalue weighted by Gasteiger charge is -2.27. The van der Waals surface area contributed by atoms with Gasteiger partial charge in [-0.2, -0.15) is 0 Å². The van der Waals surface area contributed by atoms with Crippen LogP contribution in [-0.4, -0.2) is 34.8 Å². The SMILES string of the molecule is COc1cc(O)c2c(c1C(=O)NCc1c(C)cc(OCc3cccc(Cl)c3)c3ccccc13)OC1=CC(O)=C(C(C)=O)C(=O)[C@]12C. The molecule has 9 nitrogen and oxygen atoms in total. The molecule has 0 spiro atoms. The van der Waals surface area contributed by atoms with Crippen LogP contribution in [0.15, 0.2) is 83.8 Å². The number of aliphatic hydroxyl groups is 1. The number of ether oxygens (including phenoxy) is 3. The summed E-state index contributed by atoms with van der Waals surface area (Å²) in [7, 11) is 1.34. The summed E-state index contributed by atoms with van der Waals surface area (Å²) in [6.07, 6.45) is 1.16. The number of methoxy groups -OCH3 is 1. The lowest BCUT2D eigenvalue weighted by molar-refractivity contribution is -0.123. The quantitative estimate of drug-likeness (QED) is 0.185. The summed E-state index contributed by atoms with van der Waals surface area (Å²) >= 11 is 6.14. The second-order valence-corrected chi connectivity index (χ2v) is 11.8. The minimum Gasteiger partial charge on any atom is -0.507 e. The summed E-state index contributed by atoms with van der Waals surface area (Å²) in [5.41, 5.74) is 0.557. The van der Waals surface area contributed by atoms with Crippen molar-refractivity contribution in [3.05, 3.63) is 117 Å². The van der Waals surface area contributed by atoms with E-state index in [4.69, 9.17) is 25.8 Å². The number of benzene rings is 4. The first-order valence-corrected chi connectivity index (χ1v) is 14.8. The number of allylic oxidation sites excluding steroid dienone is 3. The van der Waals surface area contributed by atoms with Gasteiger partial charge in [0.1, 0.15) is 51.9 Å². The molecule has 2 aliphatic rings. The molecule has 4 aromatic rings. The number of amides is 1. The number of carbonyl (C=O) groups excluding carboxylic acids is 3. The maximum atomic E-state index is 13.9. The molecule has 1 aliphatic heterocycles. The monoisotopic (exact) mass is 639 g/mol. The summed E-state index contributed by atoms with van der Waals surface area (Å²) in [4.78, 5) is 39.7. The van der Waals surface area contributed by atoms with Crippen LogP contribution in [-0.2, 0) is 28.2 Å². The Morgan fingerprint density at radius 2 is 1.76 bits per heavy atom. The van der Waals surface area contributed by atoms with E-state index < -0.39 is 34.2 Å². The van der Waals surface area contributed by atoms with Gasteiger partial charge in [-0.3, -0.25) is 14.4 Å². The van der Waals surface area contributed by atoms with Crippen molar-refractivity contribution >= 4 is 39.8 Å². The van der Waals surface area contributed by atoms with Crippen LogP contribution >= 0.6 is 11.6 Å². The van der Waals surface area contributed by atoms with E-state index in [9.17, 15) is 24.6 Å². The lowest BCUT2D eigenvalue weighted by Crippen LogP contribution is -2.38. The van der Waals surface area contributed by atoms with E-state index in [2.05, 4.69) is 5.32 Å². The largest absolute Gasteiger partial charge is 0.507 e. The van der Waals surface area contributed by atoms with E-state index in [1.54, 1.807) is 6.07 Å². The molecule has 0 radical (unpaired) electrons. The topological polar surface area (TPSA) is 131 Å². The van der Waals surface area contributed by atoms with Crippen molar-refractivity contribution in [1.82, 2.24) is 5.32 Å². The van der Waals surface area contributed by atoms with Crippen molar-refractivity contribution in [2.75, 3.05) is 7.11 Å². The van der Waals surface area contributed by atoms with Gasteiger partial charge in [-0.05, 0) is 61.0 Å². The van der Waals surface area contributed by atoms with Crippen molar-refractivity contribution in [1.29, 1.82) is 0 Å². The van der Waals surface area contributed by atoms with E-state index in [1.165, 1.54) is 27.0 Å². The fourth-order valence-corrected chi connectivity index (χ4v) is 6.37. The van der Waals surface area contributed by atoms with E-state index in [-0.39, 0.29) is 40.7 Å². The molecule has 0 saturated carbocycles. The fourth-order valence-electron chi connectivity index (χ4n) is 6.15. The number of fused-ring (bicyclic) bond motifs is 4. The van der Waals surface area contributed by atoms with Gasteiger partial charge in [-0.25, -0.2) is 0 Å². The Morgan fingerprint density at radius 3 is 2.46 bits per heavy atom. The summed E-state index contributed by atoms with van der Waals surface area (Å²) < 4.78 is 17.7. The average Bonchev–Trinajstić information content (AvgIpc) is 3.32. The average molecular weight is 640 g/mol. The number of aryl methyl sites for hydroxylation is 1. The molecule has 0 aromatic heterocycles. The molecule has 1 amide bonds. The maximum Gasteiger partial charge on any atom is 0.259 e. The molecule has 0 fully saturated rings. The van der Waals surface area contributed by atoms with Crippen molar-refractivity contribution in [3.63, 3.8) is 0 Å². The maximum absolute atomic E-state index is 13.9. The molecular weight excluding hydrogens is 610 g/mol. The fraction of sp³-hybridized carbons (Fsp3) is 0.194. The minimum absolute atomic E-state index is 0.00351. The third kappa shape index (κ3) is 4.93. The zero-order valence-corrected chi connectivity index (χ0v) is 26.2. The van der Waals surface area contributed by atoms with Crippen LogP contribution in [0.2, 0.25) is 5.02 Å². The molecule has 0 unspecified atom stereocenters. The van der Waals surface area contributed by atoms with Gasteiger partial charge in [0, 0.05) is 29.1 Å². The Bertz CT molecular complexity index is 2050. The number of halogens is 1. The zero-order valence-electron chi connectivity index (χ0n) is 25.5. The van der Waals surface area contributed by atoms with Crippen LogP contribution in [0.25, 0.3) is 10.8 Å². The van der Waals surface area contributed by atoms with Crippen LogP contribution in [0, 0.1) is 6.92 Å². The summed E-state index contributed by atoms with van der Waals surface area (Å²) in [5.74, 6) is -2.30. The first-order chi connectivity index (χ1) is 21.9. The molecule has 6 rings (SSSR count). The standard InChI is InChI=1S/C36H30ClNO8/c1-18-12-27(45-17-20-8-7-9-21(37)13-20)23-11-6-5-10-22(23)24(18)16-38-35(43)31-28(44-4)14-26(41)32-33(31)46-29-15-25(40)30(19(2)39)34(42)36(29,32)3/h5-15,40-41H,16-17H2,1-4H3,(H,38,43)/t36-/m1/s1. The van der Waals surface area contributed by atoms with E-state index >= 15 is 0 Å². The molecule has 10 heteroatoms. The van der Waals surface area contributed by atoms with Crippen molar-refractivity contribution in [2.24, 2.45) is 0 Å². The number of hydrogen-bond donors (Lipinski definition) is 3. The summed E-state index contributed by atoms with van der Waals surface area (Å²) in [5, 5.41) is 26.8. The normalized spacial score (nSPS) is 16.8. The molecule has 1 atom stereocenters. The number of phenols is 1. The number of aromatic hydroxyl groups is 1. The molecule has 3 N–H and O–H groups in total. The Balaban J connectivity index is 1.34. The highest BCUT2D eigenvalue weighted by Gasteiger charge is 2.55. The van der Waals surface area contributed by atoms with Gasteiger partial charge in [-0.15, -0.1) is 0 Å². The van der Waals surface area contributed by atoms with Crippen molar-refractivity contribution in [2.45, 2.75) is 39.3 Å². The molecule has 0 bridgehead atoms. The Labute approximate surface area is 269 Å². The highest BCUT2D eigenvalue weighted by molar-refractivity contribution is 6.30. The zero-order chi connectivity index (χ0) is 32.9. The minimum atomic E-state index is -1.65. The molecular formula is C36H30ClNO8. The van der Waals surface area contributed by atoms with E-state index in [1.807, 2.05) is 55.5 Å². The number of rotatable bonds is 8. The molecule has 46 heavy (non-hydrogen) atoms. The second-order valence-electron chi connectivity index (χ2n) is 11.4. The van der Waals surface area contributed by atoms with Crippen LogP contribution < -0.4 is 19.5 Å². The van der Waals surface area contributed by atoms with Crippen LogP contribution in [0.1, 0.15) is 46.5 Å². The summed E-state index contributed by atoms with van der Waals surface area (Å²) in [6.45, 7) is 5.01. The smallest absolute Gasteiger partial charge is 0.259 e. The van der Waals surface area contributed by atoms with Crippen LogP contribution in [0.4, 0.5) is 0 Å². The second kappa shape index (κ2) is 11.6. The number of nitrogens with one attached hydrogen (secondary N) is 1. The number of carbonyl (C=O) groups is 3. The number of Topliss-reactive ketones (excluding diaryl/α,β-unsaturated/α-hetero) is 2. The number of ketones is 2. The Hall–Kier alpha value is -5.28. The first-order valence-electron chi connectivity index (χ1n) is 14.5. The van der Waals surface area contributed by atoms with Gasteiger partial charge in [0.15, 0.2) is 17.3 Å². The molecule has 1 aliphatic carbocycles. The van der Waals surface area contributed by atoms with Gasteiger partial charge < -0.3 is 29.7 Å².